The van der Waals surface area contributed by atoms with Crippen LogP contribution in [0.4, 0.5) is 0 Å². The van der Waals surface area contributed by atoms with Gasteiger partial charge in [0.1, 0.15) is 0 Å². The Morgan fingerprint density at radius 1 is 0.923 bits per heavy atom. The Hall–Kier alpha value is -2.62. The first kappa shape index (κ1) is 23.4. The molecule has 0 radical (unpaired) electrons. The van der Waals surface area contributed by atoms with Crippen molar-refractivity contribution in [3.05, 3.63) is 57.7 Å². The molecule has 0 saturated carbocycles. The van der Waals surface area contributed by atoms with Crippen LogP contribution in [0.5, 0.6) is 0 Å². The summed E-state index contributed by atoms with van der Waals surface area (Å²) in [5.41, 5.74) is 2.56. The van der Waals surface area contributed by atoms with Gasteiger partial charge in [-0.1, -0.05) is 53.7 Å². The van der Waals surface area contributed by atoms with Crippen LogP contribution < -0.4 is 5.43 Å². The van der Waals surface area contributed by atoms with Crippen LogP contribution in [0.2, 0.25) is 0 Å². The van der Waals surface area contributed by atoms with Crippen molar-refractivity contribution >= 4 is 27.8 Å². The molecule has 0 spiro atoms. The number of nitrogens with one attached hydrogen (secondary N) is 1. The summed E-state index contributed by atoms with van der Waals surface area (Å²) in [6, 6.07) is 10.6. The zero-order valence-electron chi connectivity index (χ0n) is 17.2. The monoisotopic (exact) mass is 357 g/mol. The maximum Gasteiger partial charge on any atom is 0.339 e. The molecule has 0 unspecified atom stereocenters. The van der Waals surface area contributed by atoms with Gasteiger partial charge in [0.25, 0.3) is 0 Å². The molecule has 4 nitrogen and oxygen atoms in total. The van der Waals surface area contributed by atoms with E-state index < -0.39 is 5.97 Å². The molecule has 0 atom stereocenters. The average Bonchev–Trinajstić information content (AvgIpc) is 2.71. The van der Waals surface area contributed by atoms with E-state index in [0.717, 1.165) is 11.1 Å². The molecule has 4 heteroatoms. The first-order valence-corrected chi connectivity index (χ1v) is 9.25. The highest BCUT2D eigenvalue weighted by Gasteiger charge is 2.13. The van der Waals surface area contributed by atoms with Gasteiger partial charge >= 0.3 is 5.97 Å². The third kappa shape index (κ3) is 4.94. The number of hydrogen-bond donors (Lipinski definition) is 1. The number of rotatable bonds is 1. The minimum atomic E-state index is -0.460. The van der Waals surface area contributed by atoms with Crippen molar-refractivity contribution < 1.29 is 9.53 Å². The van der Waals surface area contributed by atoms with Crippen molar-refractivity contribution in [2.75, 3.05) is 7.11 Å². The van der Waals surface area contributed by atoms with E-state index in [1.54, 1.807) is 24.3 Å². The Kier molecular flexibility index (Phi) is 10.7. The van der Waals surface area contributed by atoms with Crippen LogP contribution in [0.15, 0.2) is 41.2 Å². The van der Waals surface area contributed by atoms with Crippen LogP contribution in [-0.4, -0.2) is 18.1 Å². The number of ether oxygens (including phenoxy) is 1. The fourth-order valence-electron chi connectivity index (χ4n) is 2.40. The Morgan fingerprint density at radius 3 is 2.12 bits per heavy atom. The quantitative estimate of drug-likeness (QED) is 0.438. The highest BCUT2D eigenvalue weighted by atomic mass is 16.5. The van der Waals surface area contributed by atoms with Crippen LogP contribution in [0, 0.1) is 6.92 Å². The highest BCUT2D eigenvalue weighted by molar-refractivity contribution is 6.05. The molecule has 1 heterocycles. The van der Waals surface area contributed by atoms with E-state index in [4.69, 9.17) is 4.74 Å². The predicted molar refractivity (Wildman–Crippen MR) is 112 cm³/mol. The lowest BCUT2D eigenvalue weighted by Gasteiger charge is -2.07. The van der Waals surface area contributed by atoms with Crippen molar-refractivity contribution in [2.24, 2.45) is 0 Å². The van der Waals surface area contributed by atoms with E-state index >= 15 is 0 Å². The number of hydrogen-bond acceptors (Lipinski definition) is 3. The Bertz CT molecular complexity index is 895. The maximum atomic E-state index is 12.5. The topological polar surface area (TPSA) is 59.2 Å². The van der Waals surface area contributed by atoms with Crippen molar-refractivity contribution in [1.82, 2.24) is 4.98 Å². The number of aromatic amines is 1. The number of pyridine rings is 1. The Labute approximate surface area is 156 Å². The van der Waals surface area contributed by atoms with Gasteiger partial charge in [0.15, 0.2) is 5.43 Å². The molecule has 3 rings (SSSR count). The molecule has 0 fully saturated rings. The lowest BCUT2D eigenvalue weighted by atomic mass is 10.1. The summed E-state index contributed by atoms with van der Waals surface area (Å²) < 4.78 is 4.76. The summed E-state index contributed by atoms with van der Waals surface area (Å²) in [5, 5.41) is 1.11. The third-order valence-corrected chi connectivity index (χ3v) is 3.39. The number of fused-ring (bicyclic) bond motifs is 2. The molecule has 0 aliphatic carbocycles. The molecule has 142 valence electrons. The summed E-state index contributed by atoms with van der Waals surface area (Å²) >= 11 is 0. The second-order valence-corrected chi connectivity index (χ2v) is 4.72. The number of para-hydroxylation sites is 1. The number of methoxy groups -OCH3 is 1. The summed E-state index contributed by atoms with van der Waals surface area (Å²) in [5.74, 6) is -0.460. The number of aromatic nitrogens is 1. The largest absolute Gasteiger partial charge is 0.465 e. The SMILES string of the molecule is CC.CC.CC.COC(=O)c1cccc2c(=O)c3ccc(C)cc3[nH]c12. The molecule has 26 heavy (non-hydrogen) atoms. The highest BCUT2D eigenvalue weighted by Crippen LogP contribution is 2.19. The molecular weight excluding hydrogens is 326 g/mol. The molecule has 0 aliphatic rings. The van der Waals surface area contributed by atoms with Crippen molar-refractivity contribution in [3.8, 4) is 0 Å². The molecule has 0 amide bonds. The molecular formula is C22H31NO3. The zero-order valence-corrected chi connectivity index (χ0v) is 17.2. The summed E-state index contributed by atoms with van der Waals surface area (Å²) in [7, 11) is 1.32. The second-order valence-electron chi connectivity index (χ2n) is 4.72. The van der Waals surface area contributed by atoms with E-state index in [1.807, 2.05) is 60.6 Å². The van der Waals surface area contributed by atoms with Gasteiger partial charge < -0.3 is 9.72 Å². The van der Waals surface area contributed by atoms with Gasteiger partial charge in [-0.3, -0.25) is 4.79 Å². The number of aryl methyl sites for hydroxylation is 1. The fraction of sp³-hybridized carbons (Fsp3) is 0.364. The van der Waals surface area contributed by atoms with Crippen LogP contribution in [0.1, 0.15) is 57.5 Å². The summed E-state index contributed by atoms with van der Waals surface area (Å²) in [6.45, 7) is 14.0. The Balaban J connectivity index is 0.000000948. The van der Waals surface area contributed by atoms with Crippen molar-refractivity contribution in [1.29, 1.82) is 0 Å². The zero-order chi connectivity index (χ0) is 20.3. The molecule has 0 saturated heterocycles. The number of carbonyl (C=O) groups is 1. The van der Waals surface area contributed by atoms with Crippen molar-refractivity contribution in [3.63, 3.8) is 0 Å². The smallest absolute Gasteiger partial charge is 0.339 e. The van der Waals surface area contributed by atoms with Crippen molar-refractivity contribution in [2.45, 2.75) is 48.5 Å². The first-order valence-electron chi connectivity index (χ1n) is 9.25. The lowest BCUT2D eigenvalue weighted by Crippen LogP contribution is -2.09. The number of H-pyrrole nitrogens is 1. The second kappa shape index (κ2) is 11.9. The van der Waals surface area contributed by atoms with Gasteiger partial charge in [-0.05, 0) is 36.8 Å². The third-order valence-electron chi connectivity index (χ3n) is 3.39. The van der Waals surface area contributed by atoms with E-state index in [-0.39, 0.29) is 5.43 Å². The molecule has 1 aromatic heterocycles. The first-order chi connectivity index (χ1) is 12.6. The Morgan fingerprint density at radius 2 is 1.54 bits per heavy atom. The molecule has 1 N–H and O–H groups in total. The molecule has 0 aliphatic heterocycles. The van der Waals surface area contributed by atoms with Crippen LogP contribution in [-0.2, 0) is 4.74 Å². The van der Waals surface area contributed by atoms with Crippen LogP contribution in [0.3, 0.4) is 0 Å². The maximum absolute atomic E-state index is 12.5. The standard InChI is InChI=1S/C16H13NO3.3C2H6/c1-9-6-7-10-13(8-9)17-14-11(15(10)18)4-3-5-12(14)16(19)20-2;3*1-2/h3-8H,1-2H3,(H,17,18);3*1-2H3. The van der Waals surface area contributed by atoms with Crippen LogP contribution >= 0.6 is 0 Å². The van der Waals surface area contributed by atoms with Gasteiger partial charge in [-0.15, -0.1) is 0 Å². The molecule has 3 aromatic rings. The van der Waals surface area contributed by atoms with E-state index in [0.29, 0.717) is 21.9 Å². The van der Waals surface area contributed by atoms with Gasteiger partial charge in [-0.2, -0.15) is 0 Å². The predicted octanol–water partition coefficient (Wildman–Crippen LogP) is 5.85. The van der Waals surface area contributed by atoms with Crippen LogP contribution in [0.25, 0.3) is 21.8 Å². The lowest BCUT2D eigenvalue weighted by molar-refractivity contribution is 0.0603. The molecule has 0 bridgehead atoms. The van der Waals surface area contributed by atoms with E-state index in [1.165, 1.54) is 7.11 Å². The number of carbonyl (C=O) groups excluding carboxylic acids is 1. The van der Waals surface area contributed by atoms with Gasteiger partial charge in [0, 0.05) is 10.8 Å². The number of benzene rings is 2. The average molecular weight is 357 g/mol. The minimum absolute atomic E-state index is 0.0838. The van der Waals surface area contributed by atoms with Gasteiger partial charge in [0.2, 0.25) is 0 Å². The fourth-order valence-corrected chi connectivity index (χ4v) is 2.40. The minimum Gasteiger partial charge on any atom is -0.465 e. The summed E-state index contributed by atoms with van der Waals surface area (Å²) in [6.07, 6.45) is 0. The van der Waals surface area contributed by atoms with E-state index in [2.05, 4.69) is 4.98 Å². The van der Waals surface area contributed by atoms with E-state index in [9.17, 15) is 9.59 Å². The van der Waals surface area contributed by atoms with Gasteiger partial charge in [0.05, 0.1) is 23.7 Å². The summed E-state index contributed by atoms with van der Waals surface area (Å²) in [4.78, 5) is 27.5. The van der Waals surface area contributed by atoms with Gasteiger partial charge in [-0.25, -0.2) is 4.79 Å². The normalized spacial score (nSPS) is 9.08. The number of esters is 1. The molecule has 2 aromatic carbocycles.